The van der Waals surface area contributed by atoms with Crippen molar-refractivity contribution in [2.24, 2.45) is 0 Å². The van der Waals surface area contributed by atoms with Gasteiger partial charge in [0.1, 0.15) is 5.58 Å². The van der Waals surface area contributed by atoms with E-state index in [-0.39, 0.29) is 23.6 Å². The van der Waals surface area contributed by atoms with Crippen molar-refractivity contribution >= 4 is 34.2 Å². The predicted molar refractivity (Wildman–Crippen MR) is 161 cm³/mol. The first-order valence-electron chi connectivity index (χ1n) is 14.3. The van der Waals surface area contributed by atoms with Crippen molar-refractivity contribution in [1.29, 1.82) is 5.26 Å². The zero-order valence-corrected chi connectivity index (χ0v) is 23.3. The normalized spacial score (nSPS) is 16.2. The van der Waals surface area contributed by atoms with Crippen molar-refractivity contribution in [2.45, 2.75) is 25.4 Å². The van der Waals surface area contributed by atoms with Crippen LogP contribution in [0.5, 0.6) is 0 Å². The second-order valence-corrected chi connectivity index (χ2v) is 10.8. The molecule has 6 rings (SSSR count). The Labute approximate surface area is 244 Å². The van der Waals surface area contributed by atoms with Gasteiger partial charge in [-0.15, -0.1) is 0 Å². The maximum Gasteiger partial charge on any atom is 0.287 e. The molecule has 214 valence electrons. The van der Waals surface area contributed by atoms with Gasteiger partial charge in [-0.3, -0.25) is 14.5 Å². The van der Waals surface area contributed by atoms with E-state index < -0.39 is 0 Å². The van der Waals surface area contributed by atoms with E-state index in [0.29, 0.717) is 35.6 Å². The average molecular weight is 564 g/mol. The third-order valence-corrected chi connectivity index (χ3v) is 7.92. The SMILES string of the molecule is N#Cc1ccc(CN2CCC(NC(=O)c3cc4cc(NC(=O)c5ccc(N6CCOCC6)cc5)ccc4o3)CC2)cc1. The molecule has 0 bridgehead atoms. The van der Waals surface area contributed by atoms with E-state index in [2.05, 4.69) is 26.5 Å². The van der Waals surface area contributed by atoms with Gasteiger partial charge in [-0.05, 0) is 79.1 Å². The highest BCUT2D eigenvalue weighted by Crippen LogP contribution is 2.25. The molecule has 2 aliphatic heterocycles. The summed E-state index contributed by atoms with van der Waals surface area (Å²) in [5.41, 5.74) is 4.71. The Morgan fingerprint density at radius 1 is 0.881 bits per heavy atom. The molecule has 9 heteroatoms. The van der Waals surface area contributed by atoms with E-state index >= 15 is 0 Å². The Morgan fingerprint density at radius 2 is 1.62 bits per heavy atom. The second kappa shape index (κ2) is 12.5. The quantitative estimate of drug-likeness (QED) is 0.333. The number of morpholine rings is 1. The molecule has 0 aliphatic carbocycles. The van der Waals surface area contributed by atoms with Crippen molar-refractivity contribution in [3.8, 4) is 6.07 Å². The number of nitrogens with zero attached hydrogens (tertiary/aromatic N) is 3. The standard InChI is InChI=1S/C33H33N5O4/c34-21-23-1-3-24(4-2-23)22-37-13-11-27(12-14-37)35-33(40)31-20-26-19-28(7-10-30(26)42-31)36-32(39)25-5-8-29(9-6-25)38-15-17-41-18-16-38/h1-10,19-20,27H,11-18,22H2,(H,35,40)(H,36,39). The number of carbonyl (C=O) groups excluding carboxylic acids is 2. The summed E-state index contributed by atoms with van der Waals surface area (Å²) in [7, 11) is 0. The summed E-state index contributed by atoms with van der Waals surface area (Å²) in [4.78, 5) is 30.5. The first kappa shape index (κ1) is 27.5. The molecule has 0 saturated carbocycles. The number of carbonyl (C=O) groups is 2. The van der Waals surface area contributed by atoms with Gasteiger partial charge in [-0.2, -0.15) is 5.26 Å². The van der Waals surface area contributed by atoms with Crippen LogP contribution in [0.1, 0.15) is 44.9 Å². The Balaban J connectivity index is 1.01. The van der Waals surface area contributed by atoms with Gasteiger partial charge in [0.05, 0.1) is 24.8 Å². The lowest BCUT2D eigenvalue weighted by Crippen LogP contribution is -2.44. The molecule has 1 aromatic heterocycles. The fourth-order valence-electron chi connectivity index (χ4n) is 5.52. The minimum Gasteiger partial charge on any atom is -0.451 e. The average Bonchev–Trinajstić information content (AvgIpc) is 3.47. The number of hydrogen-bond acceptors (Lipinski definition) is 7. The van der Waals surface area contributed by atoms with Crippen LogP contribution in [0, 0.1) is 11.3 Å². The third-order valence-electron chi connectivity index (χ3n) is 7.92. The molecule has 9 nitrogen and oxygen atoms in total. The molecule has 2 fully saturated rings. The molecule has 42 heavy (non-hydrogen) atoms. The molecule has 3 heterocycles. The van der Waals surface area contributed by atoms with E-state index in [9.17, 15) is 9.59 Å². The predicted octanol–water partition coefficient (Wildman–Crippen LogP) is 4.79. The molecule has 3 aromatic carbocycles. The van der Waals surface area contributed by atoms with Crippen LogP contribution in [-0.4, -0.2) is 62.1 Å². The highest BCUT2D eigenvalue weighted by Gasteiger charge is 2.23. The fraction of sp³-hybridized carbons (Fsp3) is 0.303. The number of piperidine rings is 1. The number of benzene rings is 3. The van der Waals surface area contributed by atoms with E-state index in [1.807, 2.05) is 54.6 Å². The minimum absolute atomic E-state index is 0.0763. The van der Waals surface area contributed by atoms with Gasteiger partial charge < -0.3 is 24.7 Å². The first-order chi connectivity index (χ1) is 20.5. The van der Waals surface area contributed by atoms with Crippen LogP contribution >= 0.6 is 0 Å². The van der Waals surface area contributed by atoms with Gasteiger partial charge in [0.2, 0.25) is 0 Å². The van der Waals surface area contributed by atoms with E-state index in [4.69, 9.17) is 14.4 Å². The molecule has 2 aliphatic rings. The monoisotopic (exact) mass is 563 g/mol. The first-order valence-corrected chi connectivity index (χ1v) is 14.3. The topological polar surface area (TPSA) is 111 Å². The van der Waals surface area contributed by atoms with Crippen LogP contribution in [0.15, 0.2) is 77.2 Å². The second-order valence-electron chi connectivity index (χ2n) is 10.8. The maximum atomic E-state index is 13.0. The van der Waals surface area contributed by atoms with Crippen LogP contribution in [-0.2, 0) is 11.3 Å². The molecule has 4 aromatic rings. The minimum atomic E-state index is -0.234. The molecule has 0 radical (unpaired) electrons. The number of likely N-dealkylation sites (tertiary alicyclic amines) is 1. The van der Waals surface area contributed by atoms with Crippen LogP contribution in [0.4, 0.5) is 11.4 Å². The van der Waals surface area contributed by atoms with Crippen LogP contribution in [0.25, 0.3) is 11.0 Å². The molecule has 2 saturated heterocycles. The Kier molecular flexibility index (Phi) is 8.17. The molecular weight excluding hydrogens is 530 g/mol. The van der Waals surface area contributed by atoms with Crippen LogP contribution < -0.4 is 15.5 Å². The zero-order chi connectivity index (χ0) is 28.9. The summed E-state index contributed by atoms with van der Waals surface area (Å²) in [6.07, 6.45) is 1.71. The Morgan fingerprint density at radius 3 is 2.33 bits per heavy atom. The molecule has 0 atom stereocenters. The number of furan rings is 1. The van der Waals surface area contributed by atoms with E-state index in [1.165, 1.54) is 5.56 Å². The van der Waals surface area contributed by atoms with Crippen molar-refractivity contribution in [2.75, 3.05) is 49.6 Å². The lowest BCUT2D eigenvalue weighted by atomic mass is 10.0. The van der Waals surface area contributed by atoms with Crippen molar-refractivity contribution in [3.63, 3.8) is 0 Å². The highest BCUT2D eigenvalue weighted by atomic mass is 16.5. The largest absolute Gasteiger partial charge is 0.451 e. The van der Waals surface area contributed by atoms with Crippen molar-refractivity contribution in [3.05, 3.63) is 95.2 Å². The lowest BCUT2D eigenvalue weighted by Gasteiger charge is -2.32. The molecule has 2 N–H and O–H groups in total. The number of anilines is 2. The van der Waals surface area contributed by atoms with Gasteiger partial charge in [-0.25, -0.2) is 0 Å². The summed E-state index contributed by atoms with van der Waals surface area (Å²) < 4.78 is 11.2. The maximum absolute atomic E-state index is 13.0. The highest BCUT2D eigenvalue weighted by molar-refractivity contribution is 6.05. The third kappa shape index (κ3) is 6.46. The number of nitrogens with one attached hydrogen (secondary N) is 2. The summed E-state index contributed by atoms with van der Waals surface area (Å²) in [5.74, 6) is -0.176. The number of hydrogen-bond donors (Lipinski definition) is 2. The molecule has 2 amide bonds. The number of fused-ring (bicyclic) bond motifs is 1. The van der Waals surface area contributed by atoms with Gasteiger partial charge >= 0.3 is 0 Å². The van der Waals surface area contributed by atoms with Gasteiger partial charge in [-0.1, -0.05) is 12.1 Å². The Hall–Kier alpha value is -4.65. The number of ether oxygens (including phenoxy) is 1. The lowest BCUT2D eigenvalue weighted by molar-refractivity contribution is 0.0883. The van der Waals surface area contributed by atoms with Crippen molar-refractivity contribution in [1.82, 2.24) is 10.2 Å². The van der Waals surface area contributed by atoms with E-state index in [0.717, 1.165) is 56.6 Å². The number of amides is 2. The zero-order valence-electron chi connectivity index (χ0n) is 23.3. The summed E-state index contributed by atoms with van der Waals surface area (Å²) in [6.45, 7) is 5.70. The number of rotatable bonds is 7. The number of nitriles is 1. The van der Waals surface area contributed by atoms with Gasteiger partial charge in [0, 0.05) is 61.1 Å². The molecular formula is C33H33N5O4. The summed E-state index contributed by atoms with van der Waals surface area (Å²) in [5, 5.41) is 15.8. The van der Waals surface area contributed by atoms with E-state index in [1.54, 1.807) is 18.2 Å². The smallest absolute Gasteiger partial charge is 0.287 e. The Bertz CT molecular complexity index is 1590. The fourth-order valence-corrected chi connectivity index (χ4v) is 5.52. The summed E-state index contributed by atoms with van der Waals surface area (Å²) >= 11 is 0. The van der Waals surface area contributed by atoms with Crippen molar-refractivity contribution < 1.29 is 18.7 Å². The summed E-state index contributed by atoms with van der Waals surface area (Å²) in [6, 6.07) is 24.6. The van der Waals surface area contributed by atoms with Gasteiger partial charge in [0.15, 0.2) is 5.76 Å². The molecule has 0 spiro atoms. The molecule has 0 unspecified atom stereocenters. The van der Waals surface area contributed by atoms with Gasteiger partial charge in [0.25, 0.3) is 11.8 Å². The van der Waals surface area contributed by atoms with Crippen LogP contribution in [0.2, 0.25) is 0 Å². The van der Waals surface area contributed by atoms with Crippen LogP contribution in [0.3, 0.4) is 0 Å².